The minimum absolute atomic E-state index is 0.930. The summed E-state index contributed by atoms with van der Waals surface area (Å²) in [6, 6.07) is 41.3. The minimum Gasteiger partial charge on any atom is -0.252 e. The monoisotopic (exact) mass is 548 g/mol. The highest BCUT2D eigenvalue weighted by atomic mass is 14.8. The Balaban J connectivity index is 1.30. The molecular weight excluding hydrogens is 520 g/mol. The maximum absolute atomic E-state index is 4.77. The average molecular weight is 549 g/mol. The highest BCUT2D eigenvalue weighted by molar-refractivity contribution is 6.23. The number of benzene rings is 7. The zero-order valence-electron chi connectivity index (χ0n) is 23.9. The van der Waals surface area contributed by atoms with Crippen molar-refractivity contribution < 1.29 is 0 Å². The summed E-state index contributed by atoms with van der Waals surface area (Å²) in [4.78, 5) is 9.49. The highest BCUT2D eigenvalue weighted by Crippen LogP contribution is 2.37. The van der Waals surface area contributed by atoms with Gasteiger partial charge in [-0.15, -0.1) is 0 Å². The molecule has 1 heterocycles. The van der Waals surface area contributed by atoms with Gasteiger partial charge in [0.15, 0.2) is 0 Å². The minimum atomic E-state index is 0.930. The lowest BCUT2D eigenvalue weighted by Gasteiger charge is -2.14. The maximum atomic E-state index is 4.77. The molecule has 7 aromatic carbocycles. The van der Waals surface area contributed by atoms with Crippen LogP contribution >= 0.6 is 0 Å². The third kappa shape index (κ3) is 4.03. The van der Waals surface area contributed by atoms with Crippen molar-refractivity contribution in [1.29, 1.82) is 0 Å². The molecule has 1 aromatic heterocycles. The van der Waals surface area contributed by atoms with Gasteiger partial charge in [-0.1, -0.05) is 116 Å². The Bertz CT molecular complexity index is 2400. The van der Waals surface area contributed by atoms with Crippen LogP contribution in [-0.2, 0) is 0 Å². The molecule has 43 heavy (non-hydrogen) atoms. The van der Waals surface area contributed by atoms with Crippen LogP contribution in [0.3, 0.4) is 0 Å². The Labute approximate surface area is 250 Å². The summed E-state index contributed by atoms with van der Waals surface area (Å²) in [5, 5.41) is 9.72. The molecule has 0 radical (unpaired) electrons. The van der Waals surface area contributed by atoms with E-state index < -0.39 is 0 Å². The normalized spacial score (nSPS) is 12.1. The van der Waals surface area contributed by atoms with Gasteiger partial charge in [0.25, 0.3) is 0 Å². The van der Waals surface area contributed by atoms with Gasteiger partial charge in [-0.05, 0) is 90.8 Å². The molecule has 0 amide bonds. The first-order valence-corrected chi connectivity index (χ1v) is 14.6. The molecule has 0 atom stereocenters. The largest absolute Gasteiger partial charge is 0.252 e. The SMILES string of the molecule is C=C/C(=C\c1c(C)c2ccccc2c2ccccc12)c1cccc(-c2ccc3c4ccccc4c4nccnc4c3c2)c1. The number of aryl methyl sites for hydroxylation is 1. The van der Waals surface area contributed by atoms with Crippen LogP contribution in [0, 0.1) is 6.92 Å². The van der Waals surface area contributed by atoms with E-state index in [2.05, 4.69) is 135 Å². The molecule has 0 fully saturated rings. The number of allylic oxidation sites excluding steroid dienone is 2. The van der Waals surface area contributed by atoms with Crippen molar-refractivity contribution in [2.45, 2.75) is 6.92 Å². The van der Waals surface area contributed by atoms with Crippen molar-refractivity contribution in [3.63, 3.8) is 0 Å². The Morgan fingerprint density at radius 3 is 1.81 bits per heavy atom. The molecule has 202 valence electrons. The summed E-state index contributed by atoms with van der Waals surface area (Å²) in [5.41, 5.74) is 8.90. The van der Waals surface area contributed by atoms with Crippen LogP contribution < -0.4 is 0 Å². The Hall–Kier alpha value is -5.60. The number of hydrogen-bond acceptors (Lipinski definition) is 2. The predicted octanol–water partition coefficient (Wildman–Crippen LogP) is 10.9. The van der Waals surface area contributed by atoms with E-state index in [1.54, 1.807) is 12.4 Å². The quantitative estimate of drug-likeness (QED) is 0.124. The number of aromatic nitrogens is 2. The van der Waals surface area contributed by atoms with Gasteiger partial charge in [-0.3, -0.25) is 9.97 Å². The topological polar surface area (TPSA) is 25.8 Å². The molecule has 0 bridgehead atoms. The number of hydrogen-bond donors (Lipinski definition) is 0. The van der Waals surface area contributed by atoms with Crippen molar-refractivity contribution >= 4 is 65.8 Å². The molecule has 0 saturated heterocycles. The second-order valence-electron chi connectivity index (χ2n) is 11.1. The van der Waals surface area contributed by atoms with Crippen molar-refractivity contribution in [3.8, 4) is 11.1 Å². The van der Waals surface area contributed by atoms with Gasteiger partial charge in [0.1, 0.15) is 0 Å². The molecule has 0 aliphatic heterocycles. The van der Waals surface area contributed by atoms with Crippen molar-refractivity contribution in [3.05, 3.63) is 157 Å². The van der Waals surface area contributed by atoms with E-state index in [0.717, 1.165) is 44.1 Å². The number of rotatable bonds is 4. The fourth-order valence-corrected chi connectivity index (χ4v) is 6.64. The molecule has 8 aromatic rings. The summed E-state index contributed by atoms with van der Waals surface area (Å²) >= 11 is 0. The van der Waals surface area contributed by atoms with Gasteiger partial charge in [-0.25, -0.2) is 0 Å². The fraction of sp³-hybridized carbons (Fsp3) is 0.0244. The third-order valence-corrected chi connectivity index (χ3v) is 8.74. The molecule has 0 aliphatic carbocycles. The Morgan fingerprint density at radius 1 is 0.535 bits per heavy atom. The molecular formula is C41H28N2. The van der Waals surface area contributed by atoms with Crippen LogP contribution in [0.25, 0.3) is 76.9 Å². The first-order valence-electron chi connectivity index (χ1n) is 14.6. The van der Waals surface area contributed by atoms with Gasteiger partial charge in [0.2, 0.25) is 0 Å². The zero-order valence-corrected chi connectivity index (χ0v) is 23.9. The summed E-state index contributed by atoms with van der Waals surface area (Å²) < 4.78 is 0. The lowest BCUT2D eigenvalue weighted by molar-refractivity contribution is 1.31. The van der Waals surface area contributed by atoms with E-state index in [0.29, 0.717) is 0 Å². The third-order valence-electron chi connectivity index (χ3n) is 8.74. The maximum Gasteiger partial charge on any atom is 0.0971 e. The molecule has 0 unspecified atom stereocenters. The van der Waals surface area contributed by atoms with Crippen molar-refractivity contribution in [2.24, 2.45) is 0 Å². The lowest BCUT2D eigenvalue weighted by Crippen LogP contribution is -1.91. The first-order chi connectivity index (χ1) is 21.2. The van der Waals surface area contributed by atoms with Crippen LogP contribution in [0.4, 0.5) is 0 Å². The molecule has 8 rings (SSSR count). The molecule has 0 spiro atoms. The summed E-state index contributed by atoms with van der Waals surface area (Å²) in [6.45, 7) is 6.45. The van der Waals surface area contributed by atoms with Crippen LogP contribution in [0.2, 0.25) is 0 Å². The first kappa shape index (κ1) is 25.1. The van der Waals surface area contributed by atoms with E-state index >= 15 is 0 Å². The standard InChI is InChI=1S/C41H28N2/c1-3-27(24-38-26(2)31-13-4-5-14-32(31)33-15-6-7-17-35(33)38)28-11-10-12-29(23-28)30-19-20-36-34-16-8-9-18-37(34)40-41(39(36)25-30)43-22-21-42-40/h3-25H,1H2,2H3/b27-24+. The van der Waals surface area contributed by atoms with Crippen molar-refractivity contribution in [1.82, 2.24) is 9.97 Å². The average Bonchev–Trinajstić information content (AvgIpc) is 3.08. The Kier molecular flexibility index (Phi) is 5.87. The second-order valence-corrected chi connectivity index (χ2v) is 11.1. The smallest absolute Gasteiger partial charge is 0.0971 e. The van der Waals surface area contributed by atoms with Crippen LogP contribution in [0.1, 0.15) is 16.7 Å². The number of fused-ring (bicyclic) bond motifs is 9. The van der Waals surface area contributed by atoms with Crippen molar-refractivity contribution in [2.75, 3.05) is 0 Å². The van der Waals surface area contributed by atoms with Gasteiger partial charge in [0.05, 0.1) is 11.0 Å². The summed E-state index contributed by atoms with van der Waals surface area (Å²) in [7, 11) is 0. The van der Waals surface area contributed by atoms with E-state index in [1.807, 2.05) is 6.08 Å². The van der Waals surface area contributed by atoms with Gasteiger partial charge in [0, 0.05) is 23.2 Å². The summed E-state index contributed by atoms with van der Waals surface area (Å²) in [5.74, 6) is 0. The van der Waals surface area contributed by atoms with E-state index in [-0.39, 0.29) is 0 Å². The lowest BCUT2D eigenvalue weighted by atomic mass is 9.90. The van der Waals surface area contributed by atoms with Gasteiger partial charge >= 0.3 is 0 Å². The second kappa shape index (κ2) is 10.0. The molecule has 2 nitrogen and oxygen atoms in total. The molecule has 0 saturated carbocycles. The summed E-state index contributed by atoms with van der Waals surface area (Å²) in [6.07, 6.45) is 7.82. The molecule has 0 N–H and O–H groups in total. The van der Waals surface area contributed by atoms with E-state index in [9.17, 15) is 0 Å². The van der Waals surface area contributed by atoms with E-state index in [1.165, 1.54) is 43.4 Å². The highest BCUT2D eigenvalue weighted by Gasteiger charge is 2.13. The molecule has 0 aliphatic rings. The van der Waals surface area contributed by atoms with Crippen LogP contribution in [0.15, 0.2) is 140 Å². The molecule has 2 heteroatoms. The van der Waals surface area contributed by atoms with E-state index in [4.69, 9.17) is 9.97 Å². The zero-order chi connectivity index (χ0) is 28.9. The van der Waals surface area contributed by atoms with Gasteiger partial charge in [-0.2, -0.15) is 0 Å². The van der Waals surface area contributed by atoms with Gasteiger partial charge < -0.3 is 0 Å². The van der Waals surface area contributed by atoms with Crippen LogP contribution in [0.5, 0.6) is 0 Å². The fourth-order valence-electron chi connectivity index (χ4n) is 6.64. The number of nitrogens with zero attached hydrogens (tertiary/aromatic N) is 2. The predicted molar refractivity (Wildman–Crippen MR) is 184 cm³/mol. The van der Waals surface area contributed by atoms with Crippen LogP contribution in [-0.4, -0.2) is 9.97 Å². The Morgan fingerprint density at radius 2 is 1.09 bits per heavy atom.